The van der Waals surface area contributed by atoms with Crippen LogP contribution < -0.4 is 5.32 Å². The number of halogens is 4. The van der Waals surface area contributed by atoms with Crippen molar-refractivity contribution in [1.82, 2.24) is 4.90 Å². The molecule has 3 nitrogen and oxygen atoms in total. The maximum atomic E-state index is 12.9. The monoisotopic (exact) mass is 446 g/mol. The van der Waals surface area contributed by atoms with E-state index in [-0.39, 0.29) is 23.0 Å². The average Bonchev–Trinajstić information content (AvgIpc) is 3.57. The molecule has 7 heteroatoms. The largest absolute Gasteiger partial charge is 0.416 e. The SMILES string of the molecule is O=C(CCN(Cc1cccc2ccccc12)C1CC1)Nc1cc(C(F)(F)F)ccc1Cl. The van der Waals surface area contributed by atoms with Crippen molar-refractivity contribution in [3.63, 3.8) is 0 Å². The minimum absolute atomic E-state index is 0.0199. The number of rotatable bonds is 7. The summed E-state index contributed by atoms with van der Waals surface area (Å²) in [4.78, 5) is 14.7. The second-order valence-electron chi connectivity index (χ2n) is 7.83. The Labute approximate surface area is 183 Å². The van der Waals surface area contributed by atoms with Crippen molar-refractivity contribution < 1.29 is 18.0 Å². The van der Waals surface area contributed by atoms with Gasteiger partial charge in [0.2, 0.25) is 5.91 Å². The highest BCUT2D eigenvalue weighted by atomic mass is 35.5. The topological polar surface area (TPSA) is 32.3 Å². The molecule has 0 radical (unpaired) electrons. The van der Waals surface area contributed by atoms with E-state index in [9.17, 15) is 18.0 Å². The summed E-state index contributed by atoms with van der Waals surface area (Å²) in [7, 11) is 0. The van der Waals surface area contributed by atoms with Gasteiger partial charge >= 0.3 is 6.18 Å². The van der Waals surface area contributed by atoms with Gasteiger partial charge in [-0.3, -0.25) is 9.69 Å². The summed E-state index contributed by atoms with van der Waals surface area (Å²) >= 11 is 5.98. The maximum Gasteiger partial charge on any atom is 0.416 e. The van der Waals surface area contributed by atoms with Crippen LogP contribution in [0.2, 0.25) is 5.02 Å². The summed E-state index contributed by atoms with van der Waals surface area (Å²) < 4.78 is 38.8. The van der Waals surface area contributed by atoms with E-state index in [0.29, 0.717) is 12.6 Å². The van der Waals surface area contributed by atoms with E-state index in [1.54, 1.807) is 0 Å². The molecule has 0 spiro atoms. The van der Waals surface area contributed by atoms with E-state index in [1.165, 1.54) is 16.3 Å². The summed E-state index contributed by atoms with van der Waals surface area (Å²) in [5.74, 6) is -0.357. The van der Waals surface area contributed by atoms with Gasteiger partial charge in [0.05, 0.1) is 16.3 Å². The number of carbonyl (C=O) groups is 1. The lowest BCUT2D eigenvalue weighted by atomic mass is 10.0. The van der Waals surface area contributed by atoms with Gasteiger partial charge in [-0.15, -0.1) is 0 Å². The van der Waals surface area contributed by atoms with Gasteiger partial charge in [0.15, 0.2) is 0 Å². The molecule has 162 valence electrons. The first-order chi connectivity index (χ1) is 14.8. The van der Waals surface area contributed by atoms with Crippen molar-refractivity contribution in [2.24, 2.45) is 0 Å². The Hall–Kier alpha value is -2.57. The molecular weight excluding hydrogens is 425 g/mol. The third-order valence-electron chi connectivity index (χ3n) is 5.51. The summed E-state index contributed by atoms with van der Waals surface area (Å²) in [6.07, 6.45) is -2.14. The zero-order valence-electron chi connectivity index (χ0n) is 16.8. The number of hydrogen-bond acceptors (Lipinski definition) is 2. The van der Waals surface area contributed by atoms with Gasteiger partial charge in [0.25, 0.3) is 0 Å². The fraction of sp³-hybridized carbons (Fsp3) is 0.292. The number of fused-ring (bicyclic) bond motifs is 1. The van der Waals surface area contributed by atoms with Crippen LogP contribution in [-0.4, -0.2) is 23.4 Å². The van der Waals surface area contributed by atoms with Crippen LogP contribution in [0.15, 0.2) is 60.7 Å². The number of nitrogens with zero attached hydrogens (tertiary/aromatic N) is 1. The van der Waals surface area contributed by atoms with Crippen molar-refractivity contribution in [2.45, 2.75) is 38.0 Å². The molecule has 3 aromatic rings. The van der Waals surface area contributed by atoms with Crippen LogP contribution >= 0.6 is 11.6 Å². The fourth-order valence-electron chi connectivity index (χ4n) is 3.73. The second kappa shape index (κ2) is 8.89. The van der Waals surface area contributed by atoms with Gasteiger partial charge in [-0.25, -0.2) is 0 Å². The van der Waals surface area contributed by atoms with Gasteiger partial charge in [-0.2, -0.15) is 13.2 Å². The molecule has 4 rings (SSSR count). The third kappa shape index (κ3) is 5.38. The van der Waals surface area contributed by atoms with Gasteiger partial charge < -0.3 is 5.32 Å². The van der Waals surface area contributed by atoms with Gasteiger partial charge in [-0.05, 0) is 47.4 Å². The van der Waals surface area contributed by atoms with Gasteiger partial charge in [0, 0.05) is 25.6 Å². The van der Waals surface area contributed by atoms with E-state index in [4.69, 9.17) is 11.6 Å². The fourth-order valence-corrected chi connectivity index (χ4v) is 3.90. The predicted molar refractivity (Wildman–Crippen MR) is 117 cm³/mol. The first kappa shape index (κ1) is 21.7. The third-order valence-corrected chi connectivity index (χ3v) is 5.84. The van der Waals surface area contributed by atoms with Crippen LogP contribution in [0.25, 0.3) is 10.8 Å². The van der Waals surface area contributed by atoms with Crippen LogP contribution in [0.3, 0.4) is 0 Å². The molecule has 0 saturated heterocycles. The van der Waals surface area contributed by atoms with Crippen molar-refractivity contribution in [3.05, 3.63) is 76.8 Å². The average molecular weight is 447 g/mol. The quantitative estimate of drug-likeness (QED) is 0.449. The summed E-state index contributed by atoms with van der Waals surface area (Å²) in [5, 5.41) is 4.98. The molecule has 1 amide bonds. The molecule has 3 aromatic carbocycles. The molecule has 0 aromatic heterocycles. The molecule has 1 aliphatic carbocycles. The zero-order chi connectivity index (χ0) is 22.0. The molecule has 0 atom stereocenters. The molecule has 0 heterocycles. The standard InChI is InChI=1S/C24H22ClF3N2O/c25-21-11-8-18(24(26,27)28)14-22(21)29-23(31)12-13-30(19-9-10-19)15-17-6-3-5-16-4-1-2-7-20(16)17/h1-8,11,14,19H,9-10,12-13,15H2,(H,29,31). The molecular formula is C24H22ClF3N2O. The van der Waals surface area contributed by atoms with E-state index in [1.807, 2.05) is 18.2 Å². The maximum absolute atomic E-state index is 12.9. The summed E-state index contributed by atoms with van der Waals surface area (Å²) in [6.45, 7) is 1.25. The normalized spacial score (nSPS) is 14.2. The minimum Gasteiger partial charge on any atom is -0.325 e. The molecule has 0 bridgehead atoms. The first-order valence-electron chi connectivity index (χ1n) is 10.2. The number of amides is 1. The molecule has 1 fully saturated rings. The number of hydrogen-bond donors (Lipinski definition) is 1. The van der Waals surface area contributed by atoms with Crippen LogP contribution in [0.4, 0.5) is 18.9 Å². The Morgan fingerprint density at radius 3 is 2.55 bits per heavy atom. The Bertz CT molecular complexity index is 1090. The number of alkyl halides is 3. The lowest BCUT2D eigenvalue weighted by Gasteiger charge is -2.23. The Morgan fingerprint density at radius 2 is 1.81 bits per heavy atom. The lowest BCUT2D eigenvalue weighted by Crippen LogP contribution is -2.29. The molecule has 1 aliphatic rings. The van der Waals surface area contributed by atoms with E-state index >= 15 is 0 Å². The van der Waals surface area contributed by atoms with Crippen molar-refractivity contribution in [3.8, 4) is 0 Å². The second-order valence-corrected chi connectivity index (χ2v) is 8.24. The predicted octanol–water partition coefficient (Wildman–Crippen LogP) is 6.51. The molecule has 1 N–H and O–H groups in total. The Kier molecular flexibility index (Phi) is 6.21. The molecule has 0 aliphatic heterocycles. The number of anilines is 1. The van der Waals surface area contributed by atoms with Crippen molar-refractivity contribution in [1.29, 1.82) is 0 Å². The smallest absolute Gasteiger partial charge is 0.325 e. The number of carbonyl (C=O) groups excluding carboxylic acids is 1. The number of benzene rings is 3. The van der Waals surface area contributed by atoms with Gasteiger partial charge in [-0.1, -0.05) is 54.1 Å². The Balaban J connectivity index is 1.42. The molecule has 31 heavy (non-hydrogen) atoms. The van der Waals surface area contributed by atoms with Crippen molar-refractivity contribution in [2.75, 3.05) is 11.9 Å². The van der Waals surface area contributed by atoms with Crippen LogP contribution in [0.5, 0.6) is 0 Å². The minimum atomic E-state index is -4.49. The molecule has 1 saturated carbocycles. The molecule has 0 unspecified atom stereocenters. The van der Waals surface area contributed by atoms with E-state index in [2.05, 4.69) is 34.5 Å². The van der Waals surface area contributed by atoms with Crippen LogP contribution in [0.1, 0.15) is 30.4 Å². The number of nitrogens with one attached hydrogen (secondary N) is 1. The van der Waals surface area contributed by atoms with Crippen LogP contribution in [-0.2, 0) is 17.5 Å². The van der Waals surface area contributed by atoms with Crippen LogP contribution in [0, 0.1) is 0 Å². The van der Waals surface area contributed by atoms with Crippen molar-refractivity contribution >= 4 is 34.0 Å². The Morgan fingerprint density at radius 1 is 1.06 bits per heavy atom. The van der Waals surface area contributed by atoms with E-state index in [0.717, 1.165) is 37.6 Å². The lowest BCUT2D eigenvalue weighted by molar-refractivity contribution is -0.137. The van der Waals surface area contributed by atoms with E-state index < -0.39 is 11.7 Å². The highest BCUT2D eigenvalue weighted by Crippen LogP contribution is 2.34. The van der Waals surface area contributed by atoms with Gasteiger partial charge in [0.1, 0.15) is 0 Å². The highest BCUT2D eigenvalue weighted by Gasteiger charge is 2.31. The first-order valence-corrected chi connectivity index (χ1v) is 10.6. The summed E-state index contributed by atoms with van der Waals surface area (Å²) in [6, 6.07) is 17.8. The zero-order valence-corrected chi connectivity index (χ0v) is 17.5. The summed E-state index contributed by atoms with van der Waals surface area (Å²) in [5.41, 5.74) is 0.336. The highest BCUT2D eigenvalue weighted by molar-refractivity contribution is 6.33.